The molecule has 0 aliphatic carbocycles. The van der Waals surface area contributed by atoms with E-state index in [1.165, 1.54) is 4.68 Å². The number of piperidine rings is 1. The summed E-state index contributed by atoms with van der Waals surface area (Å²) in [6, 6.07) is 0.256. The maximum absolute atomic E-state index is 12.4. The summed E-state index contributed by atoms with van der Waals surface area (Å²) in [7, 11) is 1.62. The van der Waals surface area contributed by atoms with Crippen LogP contribution in [0.3, 0.4) is 0 Å². The average molecular weight is 385 g/mol. The molecule has 128 valence electrons. The van der Waals surface area contributed by atoms with E-state index in [4.69, 9.17) is 0 Å². The van der Waals surface area contributed by atoms with Crippen LogP contribution in [-0.4, -0.2) is 39.7 Å². The van der Waals surface area contributed by atoms with Gasteiger partial charge in [0.25, 0.3) is 5.56 Å². The van der Waals surface area contributed by atoms with Crippen molar-refractivity contribution in [3.8, 4) is 0 Å². The number of likely N-dealkylation sites (tertiary alicyclic amines) is 1. The number of aryl methyl sites for hydroxylation is 1. The minimum Gasteiger partial charge on any atom is -0.380 e. The van der Waals surface area contributed by atoms with Crippen molar-refractivity contribution in [2.75, 3.05) is 18.4 Å². The summed E-state index contributed by atoms with van der Waals surface area (Å²) >= 11 is 3.33. The monoisotopic (exact) mass is 384 g/mol. The zero-order chi connectivity index (χ0) is 17.0. The van der Waals surface area contributed by atoms with Crippen molar-refractivity contribution in [3.05, 3.63) is 21.0 Å². The molecule has 1 N–H and O–H groups in total. The second kappa shape index (κ2) is 7.95. The van der Waals surface area contributed by atoms with Crippen LogP contribution in [0.2, 0.25) is 0 Å². The summed E-state index contributed by atoms with van der Waals surface area (Å²) < 4.78 is 1.80. The van der Waals surface area contributed by atoms with Gasteiger partial charge in [0.1, 0.15) is 4.47 Å². The molecule has 0 aromatic carbocycles. The lowest BCUT2D eigenvalue weighted by Crippen LogP contribution is -2.44. The van der Waals surface area contributed by atoms with Crippen LogP contribution >= 0.6 is 15.9 Å². The van der Waals surface area contributed by atoms with Crippen LogP contribution in [0, 0.1) is 5.92 Å². The van der Waals surface area contributed by atoms with Gasteiger partial charge in [-0.1, -0.05) is 13.8 Å². The molecule has 1 aliphatic heterocycles. The lowest BCUT2D eigenvalue weighted by molar-refractivity contribution is -0.136. The van der Waals surface area contributed by atoms with Crippen LogP contribution in [0.15, 0.2) is 15.5 Å². The summed E-state index contributed by atoms with van der Waals surface area (Å²) in [6.07, 6.45) is 5.23. The quantitative estimate of drug-likeness (QED) is 0.845. The summed E-state index contributed by atoms with van der Waals surface area (Å²) in [6.45, 7) is 5.67. The number of anilines is 1. The van der Waals surface area contributed by atoms with Crippen molar-refractivity contribution in [2.24, 2.45) is 13.0 Å². The third-order valence-electron chi connectivity index (χ3n) is 4.58. The summed E-state index contributed by atoms with van der Waals surface area (Å²) in [5.74, 6) is 0.430. The predicted octanol–water partition coefficient (Wildman–Crippen LogP) is 2.38. The molecule has 1 fully saturated rings. The Morgan fingerprint density at radius 2 is 2.00 bits per heavy atom. The Labute approximate surface area is 145 Å². The second-order valence-corrected chi connectivity index (χ2v) is 6.85. The first kappa shape index (κ1) is 18.0. The Bertz CT molecular complexity index is 605. The Morgan fingerprint density at radius 1 is 1.39 bits per heavy atom. The van der Waals surface area contributed by atoms with Crippen LogP contribution in [0.5, 0.6) is 0 Å². The number of aromatic nitrogens is 2. The molecule has 0 unspecified atom stereocenters. The maximum Gasteiger partial charge on any atom is 0.282 e. The number of carbonyl (C=O) groups excluding carboxylic acids is 1. The Kier molecular flexibility index (Phi) is 6.21. The van der Waals surface area contributed by atoms with Gasteiger partial charge in [-0.3, -0.25) is 9.59 Å². The Hall–Kier alpha value is -1.37. The third kappa shape index (κ3) is 4.13. The van der Waals surface area contributed by atoms with Crippen molar-refractivity contribution in [1.29, 1.82) is 0 Å². The molecular weight excluding hydrogens is 360 g/mol. The fraction of sp³-hybridized carbons (Fsp3) is 0.688. The Balaban J connectivity index is 1.94. The highest BCUT2D eigenvalue weighted by atomic mass is 79.9. The molecule has 0 bridgehead atoms. The van der Waals surface area contributed by atoms with Gasteiger partial charge < -0.3 is 10.2 Å². The molecule has 6 nitrogen and oxygen atoms in total. The molecule has 1 aliphatic rings. The number of carbonyl (C=O) groups is 1. The molecule has 0 spiro atoms. The molecule has 23 heavy (non-hydrogen) atoms. The van der Waals surface area contributed by atoms with Crippen LogP contribution in [0.4, 0.5) is 5.69 Å². The lowest BCUT2D eigenvalue weighted by Gasteiger charge is -2.34. The number of nitrogens with zero attached hydrogens (tertiary/aromatic N) is 3. The number of halogens is 1. The second-order valence-electron chi connectivity index (χ2n) is 6.06. The van der Waals surface area contributed by atoms with Crippen molar-refractivity contribution in [3.63, 3.8) is 0 Å². The maximum atomic E-state index is 12.4. The van der Waals surface area contributed by atoms with E-state index in [1.807, 2.05) is 4.90 Å². The van der Waals surface area contributed by atoms with Gasteiger partial charge in [0.2, 0.25) is 5.91 Å². The minimum atomic E-state index is -0.156. The highest BCUT2D eigenvalue weighted by Gasteiger charge is 2.26. The summed E-state index contributed by atoms with van der Waals surface area (Å²) in [5.41, 5.74) is 0.564. The molecule has 1 aromatic heterocycles. The first-order valence-electron chi connectivity index (χ1n) is 8.25. The van der Waals surface area contributed by atoms with Gasteiger partial charge in [-0.15, -0.1) is 0 Å². The smallest absolute Gasteiger partial charge is 0.282 e. The van der Waals surface area contributed by atoms with E-state index in [1.54, 1.807) is 13.2 Å². The van der Waals surface area contributed by atoms with E-state index >= 15 is 0 Å². The molecule has 0 radical (unpaired) electrons. The first-order valence-corrected chi connectivity index (χ1v) is 9.04. The van der Waals surface area contributed by atoms with Gasteiger partial charge in [-0.2, -0.15) is 5.10 Å². The summed E-state index contributed by atoms with van der Waals surface area (Å²) in [4.78, 5) is 26.3. The Morgan fingerprint density at radius 3 is 2.57 bits per heavy atom. The van der Waals surface area contributed by atoms with Crippen molar-refractivity contribution in [2.45, 2.75) is 45.6 Å². The standard InChI is InChI=1S/C16H25BrN4O2/c1-4-11(5-2)15(22)21-8-6-12(7-9-21)19-13-10-18-20(3)16(23)14(13)17/h10-12,19H,4-9H2,1-3H3. The van der Waals surface area contributed by atoms with Crippen LogP contribution < -0.4 is 10.9 Å². The highest BCUT2D eigenvalue weighted by molar-refractivity contribution is 9.10. The summed E-state index contributed by atoms with van der Waals surface area (Å²) in [5, 5.41) is 7.41. The topological polar surface area (TPSA) is 67.2 Å². The van der Waals surface area contributed by atoms with E-state index in [0.29, 0.717) is 4.47 Å². The van der Waals surface area contributed by atoms with Gasteiger partial charge >= 0.3 is 0 Å². The fourth-order valence-electron chi connectivity index (χ4n) is 2.97. The zero-order valence-electron chi connectivity index (χ0n) is 14.0. The van der Waals surface area contributed by atoms with Crippen LogP contribution in [-0.2, 0) is 11.8 Å². The molecule has 1 amide bonds. The first-order chi connectivity index (χ1) is 11.0. The van der Waals surface area contributed by atoms with Crippen molar-refractivity contribution >= 4 is 27.5 Å². The molecular formula is C16H25BrN4O2. The van der Waals surface area contributed by atoms with Crippen LogP contribution in [0.1, 0.15) is 39.5 Å². The van der Waals surface area contributed by atoms with Gasteiger partial charge in [0.15, 0.2) is 0 Å². The predicted molar refractivity (Wildman–Crippen MR) is 94.5 cm³/mol. The van der Waals surface area contributed by atoms with Crippen molar-refractivity contribution < 1.29 is 4.79 Å². The SMILES string of the molecule is CCC(CC)C(=O)N1CCC(Nc2cnn(C)c(=O)c2Br)CC1. The van der Waals surface area contributed by atoms with E-state index in [2.05, 4.69) is 40.2 Å². The molecule has 1 saturated heterocycles. The lowest BCUT2D eigenvalue weighted by atomic mass is 9.98. The van der Waals surface area contributed by atoms with Crippen LogP contribution in [0.25, 0.3) is 0 Å². The van der Waals surface area contributed by atoms with E-state index in [9.17, 15) is 9.59 Å². The van der Waals surface area contributed by atoms with Gasteiger partial charge in [0.05, 0.1) is 11.9 Å². The normalized spacial score (nSPS) is 16.0. The van der Waals surface area contributed by atoms with E-state index < -0.39 is 0 Å². The zero-order valence-corrected chi connectivity index (χ0v) is 15.6. The molecule has 7 heteroatoms. The number of hydrogen-bond acceptors (Lipinski definition) is 4. The van der Waals surface area contributed by atoms with Gasteiger partial charge in [0, 0.05) is 32.1 Å². The van der Waals surface area contributed by atoms with E-state index in [0.717, 1.165) is 44.5 Å². The third-order valence-corrected chi connectivity index (χ3v) is 5.35. The number of rotatable bonds is 5. The number of amides is 1. The molecule has 2 heterocycles. The molecule has 2 rings (SSSR count). The highest BCUT2D eigenvalue weighted by Crippen LogP contribution is 2.22. The average Bonchev–Trinajstić information content (AvgIpc) is 2.57. The number of hydrogen-bond donors (Lipinski definition) is 1. The fourth-order valence-corrected chi connectivity index (χ4v) is 3.45. The number of nitrogens with one attached hydrogen (secondary N) is 1. The largest absolute Gasteiger partial charge is 0.380 e. The van der Waals surface area contributed by atoms with Crippen molar-refractivity contribution in [1.82, 2.24) is 14.7 Å². The van der Waals surface area contributed by atoms with Gasteiger partial charge in [-0.05, 0) is 41.6 Å². The van der Waals surface area contributed by atoms with E-state index in [-0.39, 0.29) is 23.4 Å². The molecule has 1 aromatic rings. The minimum absolute atomic E-state index is 0.148. The molecule has 0 saturated carbocycles. The van der Waals surface area contributed by atoms with Gasteiger partial charge in [-0.25, -0.2) is 4.68 Å². The molecule has 0 atom stereocenters.